The number of hydrogen-bond acceptors (Lipinski definition) is 3. The lowest BCUT2D eigenvalue weighted by Crippen LogP contribution is -2.39. The first-order valence-electron chi connectivity index (χ1n) is 6.51. The maximum absolute atomic E-state index is 11.2. The van der Waals surface area contributed by atoms with Crippen molar-refractivity contribution in [1.29, 1.82) is 0 Å². The largest absolute Gasteiger partial charge is 0.478 e. The summed E-state index contributed by atoms with van der Waals surface area (Å²) in [6, 6.07) is 1.99. The van der Waals surface area contributed by atoms with E-state index in [0.717, 1.165) is 12.1 Å². The van der Waals surface area contributed by atoms with E-state index in [0.29, 0.717) is 17.5 Å². The molecule has 1 N–H and O–H groups in total. The average Bonchev–Trinajstić information content (AvgIpc) is 2.38. The summed E-state index contributed by atoms with van der Waals surface area (Å²) in [5, 5.41) is 9.22. The van der Waals surface area contributed by atoms with Crippen molar-refractivity contribution in [1.82, 2.24) is 4.98 Å². The highest BCUT2D eigenvalue weighted by Crippen LogP contribution is 2.31. The van der Waals surface area contributed by atoms with Gasteiger partial charge in [-0.3, -0.25) is 4.98 Å². The Labute approximate surface area is 108 Å². The van der Waals surface area contributed by atoms with Gasteiger partial charge in [0.1, 0.15) is 0 Å². The Kier molecular flexibility index (Phi) is 3.84. The van der Waals surface area contributed by atoms with Crippen LogP contribution in [0.3, 0.4) is 0 Å². The molecule has 0 saturated heterocycles. The third kappa shape index (κ3) is 2.47. The zero-order valence-electron chi connectivity index (χ0n) is 11.0. The van der Waals surface area contributed by atoms with E-state index in [4.69, 9.17) is 0 Å². The number of rotatable bonds is 3. The fraction of sp³-hybridized carbons (Fsp3) is 0.571. The zero-order valence-corrected chi connectivity index (χ0v) is 11.0. The fourth-order valence-electron chi connectivity index (χ4n) is 2.90. The van der Waals surface area contributed by atoms with Crippen LogP contribution < -0.4 is 4.90 Å². The van der Waals surface area contributed by atoms with Crippen LogP contribution >= 0.6 is 0 Å². The normalized spacial score (nSPS) is 23.7. The molecule has 0 spiro atoms. The molecule has 0 aliphatic heterocycles. The second kappa shape index (κ2) is 5.38. The van der Waals surface area contributed by atoms with E-state index in [9.17, 15) is 9.90 Å². The number of carbonyl (C=O) groups is 1. The van der Waals surface area contributed by atoms with Crippen molar-refractivity contribution in [3.63, 3.8) is 0 Å². The lowest BCUT2D eigenvalue weighted by atomic mass is 9.85. The molecule has 0 radical (unpaired) electrons. The Hall–Kier alpha value is -1.58. The van der Waals surface area contributed by atoms with E-state index < -0.39 is 5.97 Å². The summed E-state index contributed by atoms with van der Waals surface area (Å²) in [7, 11) is 1.98. The quantitative estimate of drug-likeness (QED) is 0.893. The smallest absolute Gasteiger partial charge is 0.337 e. The lowest BCUT2D eigenvalue weighted by molar-refractivity contribution is 0.0697. The van der Waals surface area contributed by atoms with Crippen molar-refractivity contribution in [2.75, 3.05) is 11.9 Å². The summed E-state index contributed by atoms with van der Waals surface area (Å²) >= 11 is 0. The van der Waals surface area contributed by atoms with Crippen molar-refractivity contribution in [2.45, 2.75) is 38.6 Å². The maximum atomic E-state index is 11.2. The molecule has 1 heterocycles. The molecule has 1 aromatic heterocycles. The number of pyridine rings is 1. The molecule has 2 atom stereocenters. The highest BCUT2D eigenvalue weighted by Gasteiger charge is 2.27. The van der Waals surface area contributed by atoms with Gasteiger partial charge in [0.15, 0.2) is 0 Å². The van der Waals surface area contributed by atoms with E-state index in [1.54, 1.807) is 12.3 Å². The predicted molar refractivity (Wildman–Crippen MR) is 71.0 cm³/mol. The molecule has 4 heteroatoms. The first kappa shape index (κ1) is 12.9. The Balaban J connectivity index is 2.27. The first-order chi connectivity index (χ1) is 8.61. The molecule has 1 saturated carbocycles. The minimum atomic E-state index is -0.886. The average molecular weight is 248 g/mol. The van der Waals surface area contributed by atoms with Gasteiger partial charge >= 0.3 is 5.97 Å². The number of aromatic carboxylic acids is 1. The number of aromatic nitrogens is 1. The van der Waals surface area contributed by atoms with E-state index in [-0.39, 0.29) is 0 Å². The van der Waals surface area contributed by atoms with Gasteiger partial charge in [0.05, 0.1) is 17.4 Å². The van der Waals surface area contributed by atoms with Gasteiger partial charge < -0.3 is 10.0 Å². The van der Waals surface area contributed by atoms with Crippen molar-refractivity contribution in [3.05, 3.63) is 24.0 Å². The van der Waals surface area contributed by atoms with Crippen molar-refractivity contribution >= 4 is 11.7 Å². The molecule has 0 bridgehead atoms. The van der Waals surface area contributed by atoms with Crippen molar-refractivity contribution in [2.24, 2.45) is 5.92 Å². The van der Waals surface area contributed by atoms with Gasteiger partial charge in [0.25, 0.3) is 0 Å². The van der Waals surface area contributed by atoms with Gasteiger partial charge in [-0.05, 0) is 24.8 Å². The zero-order chi connectivity index (χ0) is 13.1. The number of carboxylic acids is 1. The third-order valence-corrected chi connectivity index (χ3v) is 3.97. The summed E-state index contributed by atoms with van der Waals surface area (Å²) < 4.78 is 0. The topological polar surface area (TPSA) is 53.4 Å². The summed E-state index contributed by atoms with van der Waals surface area (Å²) in [5.74, 6) is -0.284. The highest BCUT2D eigenvalue weighted by atomic mass is 16.4. The summed E-state index contributed by atoms with van der Waals surface area (Å²) in [6.45, 7) is 2.25. The van der Waals surface area contributed by atoms with Crippen LogP contribution in [0.15, 0.2) is 18.5 Å². The molecule has 2 unspecified atom stereocenters. The van der Waals surface area contributed by atoms with Crippen LogP contribution in [0.5, 0.6) is 0 Å². The van der Waals surface area contributed by atoms with Gasteiger partial charge in [-0.2, -0.15) is 0 Å². The van der Waals surface area contributed by atoms with Gasteiger partial charge in [-0.1, -0.05) is 19.8 Å². The monoisotopic (exact) mass is 248 g/mol. The third-order valence-electron chi connectivity index (χ3n) is 3.97. The van der Waals surface area contributed by atoms with E-state index in [1.807, 2.05) is 7.05 Å². The van der Waals surface area contributed by atoms with Crippen LogP contribution in [0.2, 0.25) is 0 Å². The second-order valence-corrected chi connectivity index (χ2v) is 5.14. The van der Waals surface area contributed by atoms with Crippen LogP contribution in [-0.4, -0.2) is 29.1 Å². The molecule has 98 valence electrons. The van der Waals surface area contributed by atoms with E-state index in [1.165, 1.54) is 25.5 Å². The van der Waals surface area contributed by atoms with E-state index in [2.05, 4.69) is 16.8 Å². The SMILES string of the molecule is CC1CCCCC1N(C)c1cnccc1C(=O)O. The second-order valence-electron chi connectivity index (χ2n) is 5.14. The van der Waals surface area contributed by atoms with Crippen molar-refractivity contribution < 1.29 is 9.90 Å². The fourth-order valence-corrected chi connectivity index (χ4v) is 2.90. The molecule has 1 aliphatic rings. The van der Waals surface area contributed by atoms with Crippen LogP contribution in [0.4, 0.5) is 5.69 Å². The Morgan fingerprint density at radius 1 is 1.44 bits per heavy atom. The summed E-state index contributed by atoms with van der Waals surface area (Å²) in [4.78, 5) is 17.4. The predicted octanol–water partition coefficient (Wildman–Crippen LogP) is 2.79. The van der Waals surface area contributed by atoms with Gasteiger partial charge in [-0.25, -0.2) is 4.79 Å². The minimum absolute atomic E-state index is 0.338. The molecule has 0 amide bonds. The molecule has 4 nitrogen and oxygen atoms in total. The molecular weight excluding hydrogens is 228 g/mol. The Morgan fingerprint density at radius 2 is 2.17 bits per heavy atom. The molecule has 2 rings (SSSR count). The highest BCUT2D eigenvalue weighted by molar-refractivity contribution is 5.94. The standard InChI is InChI=1S/C14H20N2O2/c1-10-5-3-4-6-12(10)16(2)13-9-15-8-7-11(13)14(17)18/h7-10,12H,3-6H2,1-2H3,(H,17,18). The van der Waals surface area contributed by atoms with Gasteiger partial charge in [0.2, 0.25) is 0 Å². The van der Waals surface area contributed by atoms with Gasteiger partial charge in [0, 0.05) is 19.3 Å². The molecule has 1 fully saturated rings. The lowest BCUT2D eigenvalue weighted by Gasteiger charge is -2.38. The number of hydrogen-bond donors (Lipinski definition) is 1. The van der Waals surface area contributed by atoms with Crippen LogP contribution in [0.1, 0.15) is 43.0 Å². The van der Waals surface area contributed by atoms with Crippen LogP contribution in [-0.2, 0) is 0 Å². The number of carboxylic acid groups (broad SMARTS) is 1. The molecule has 0 aromatic carbocycles. The van der Waals surface area contributed by atoms with Crippen molar-refractivity contribution in [3.8, 4) is 0 Å². The molecular formula is C14H20N2O2. The molecule has 1 aliphatic carbocycles. The molecule has 1 aromatic rings. The van der Waals surface area contributed by atoms with Gasteiger partial charge in [-0.15, -0.1) is 0 Å². The number of nitrogens with zero attached hydrogens (tertiary/aromatic N) is 2. The number of anilines is 1. The van der Waals surface area contributed by atoms with E-state index >= 15 is 0 Å². The van der Waals surface area contributed by atoms with Crippen LogP contribution in [0, 0.1) is 5.92 Å². The Bertz CT molecular complexity index is 434. The molecule has 18 heavy (non-hydrogen) atoms. The first-order valence-corrected chi connectivity index (χ1v) is 6.51. The minimum Gasteiger partial charge on any atom is -0.478 e. The Morgan fingerprint density at radius 3 is 2.83 bits per heavy atom. The van der Waals surface area contributed by atoms with Crippen LogP contribution in [0.25, 0.3) is 0 Å². The summed E-state index contributed by atoms with van der Waals surface area (Å²) in [5.41, 5.74) is 1.06. The summed E-state index contributed by atoms with van der Waals surface area (Å²) in [6.07, 6.45) is 8.05. The maximum Gasteiger partial charge on any atom is 0.337 e.